The second-order valence-electron chi connectivity index (χ2n) is 16.5. The summed E-state index contributed by atoms with van der Waals surface area (Å²) in [6.07, 6.45) is 0. The van der Waals surface area contributed by atoms with Gasteiger partial charge < -0.3 is 4.74 Å². The van der Waals surface area contributed by atoms with E-state index in [2.05, 4.69) is 206 Å². The average Bonchev–Trinajstić information content (AvgIpc) is 3.39. The quantitative estimate of drug-likeness (QED) is 0.153. The predicted molar refractivity (Wildman–Crippen MR) is 269 cm³/mol. The Balaban J connectivity index is 0.967. The Morgan fingerprint density at radius 3 is 1.35 bits per heavy atom. The number of fused-ring (bicyclic) bond motifs is 2. The fourth-order valence-electron chi connectivity index (χ4n) is 9.34. The third-order valence-electron chi connectivity index (χ3n) is 12.5. The topological polar surface area (TPSA) is 35.0 Å². The van der Waals surface area contributed by atoms with Crippen molar-refractivity contribution < 1.29 is 4.74 Å². The molecule has 12 rings (SSSR count). The fourth-order valence-corrected chi connectivity index (χ4v) is 9.34. The van der Waals surface area contributed by atoms with Gasteiger partial charge in [-0.3, -0.25) is 0 Å². The normalized spacial score (nSPS) is 11.5. The van der Waals surface area contributed by atoms with E-state index in [1.54, 1.807) is 0 Å². The van der Waals surface area contributed by atoms with E-state index in [4.69, 9.17) is 14.7 Å². The van der Waals surface area contributed by atoms with E-state index in [1.807, 2.05) is 36.4 Å². The highest BCUT2D eigenvalue weighted by molar-refractivity contribution is 6.07. The minimum atomic E-state index is 0.707. The summed E-state index contributed by atoms with van der Waals surface area (Å²) >= 11 is 0. The molecule has 0 radical (unpaired) electrons. The van der Waals surface area contributed by atoms with Crippen LogP contribution in [0.1, 0.15) is 0 Å². The molecule has 65 heavy (non-hydrogen) atoms. The molecular formula is C62H40N2O. The fraction of sp³-hybridized carbons (Fsp3) is 0. The van der Waals surface area contributed by atoms with Gasteiger partial charge in [-0.1, -0.05) is 218 Å². The monoisotopic (exact) mass is 828 g/mol. The molecule has 1 aliphatic heterocycles. The van der Waals surface area contributed by atoms with E-state index in [9.17, 15) is 0 Å². The smallest absolute Gasteiger partial charge is 0.160 e. The molecule has 2 heterocycles. The Labute approximate surface area is 378 Å². The van der Waals surface area contributed by atoms with Gasteiger partial charge in [-0.15, -0.1) is 0 Å². The van der Waals surface area contributed by atoms with Crippen molar-refractivity contribution in [2.75, 3.05) is 0 Å². The highest BCUT2D eigenvalue weighted by atomic mass is 16.5. The summed E-state index contributed by atoms with van der Waals surface area (Å²) in [7, 11) is 0. The maximum absolute atomic E-state index is 6.96. The minimum Gasteiger partial charge on any atom is -0.455 e. The zero-order chi connectivity index (χ0) is 43.1. The second kappa shape index (κ2) is 16.2. The average molecular weight is 829 g/mol. The molecule has 0 unspecified atom stereocenters. The van der Waals surface area contributed by atoms with Gasteiger partial charge in [-0.25, -0.2) is 9.97 Å². The van der Waals surface area contributed by atoms with Crippen LogP contribution in [0.5, 0.6) is 11.5 Å². The largest absolute Gasteiger partial charge is 0.455 e. The van der Waals surface area contributed by atoms with Crippen LogP contribution in [0.15, 0.2) is 243 Å². The molecule has 0 atom stereocenters. The summed E-state index contributed by atoms with van der Waals surface area (Å²) in [6, 6.07) is 85.9. The van der Waals surface area contributed by atoms with E-state index < -0.39 is 0 Å². The van der Waals surface area contributed by atoms with Gasteiger partial charge in [0.15, 0.2) is 5.82 Å². The Morgan fingerprint density at radius 1 is 0.277 bits per heavy atom. The Kier molecular flexibility index (Phi) is 9.50. The van der Waals surface area contributed by atoms with Gasteiger partial charge in [0, 0.05) is 33.2 Å². The van der Waals surface area contributed by atoms with Crippen LogP contribution in [0.4, 0.5) is 0 Å². The first-order valence-corrected chi connectivity index (χ1v) is 22.1. The van der Waals surface area contributed by atoms with Gasteiger partial charge in [0.2, 0.25) is 0 Å². The highest BCUT2D eigenvalue weighted by Gasteiger charge is 2.26. The maximum atomic E-state index is 6.96. The van der Waals surface area contributed by atoms with Crippen molar-refractivity contribution in [2.24, 2.45) is 0 Å². The molecule has 3 heteroatoms. The molecule has 0 bridgehead atoms. The summed E-state index contributed by atoms with van der Waals surface area (Å²) in [4.78, 5) is 10.0. The molecule has 10 aromatic carbocycles. The number of hydrogen-bond acceptors (Lipinski definition) is 3. The lowest BCUT2D eigenvalue weighted by Crippen LogP contribution is -2.00. The Bertz CT molecular complexity index is 3450. The van der Waals surface area contributed by atoms with Gasteiger partial charge in [0.25, 0.3) is 0 Å². The lowest BCUT2D eigenvalue weighted by molar-refractivity contribution is 0.489. The number of benzene rings is 10. The van der Waals surface area contributed by atoms with Crippen molar-refractivity contribution in [1.82, 2.24) is 9.97 Å². The van der Waals surface area contributed by atoms with Gasteiger partial charge >= 0.3 is 0 Å². The predicted octanol–water partition coefficient (Wildman–Crippen LogP) is 16.7. The van der Waals surface area contributed by atoms with Gasteiger partial charge in [0.1, 0.15) is 11.5 Å². The first-order valence-electron chi connectivity index (χ1n) is 22.1. The molecule has 0 fully saturated rings. The molecule has 0 saturated heterocycles. The van der Waals surface area contributed by atoms with Crippen molar-refractivity contribution in [2.45, 2.75) is 0 Å². The van der Waals surface area contributed by atoms with Crippen LogP contribution >= 0.6 is 0 Å². The Hall–Kier alpha value is -8.66. The number of aromatic nitrogens is 2. The third-order valence-corrected chi connectivity index (χ3v) is 12.5. The van der Waals surface area contributed by atoms with E-state index >= 15 is 0 Å². The van der Waals surface area contributed by atoms with Crippen LogP contribution in [0.2, 0.25) is 0 Å². The Morgan fingerprint density at radius 2 is 0.723 bits per heavy atom. The third kappa shape index (κ3) is 7.06. The van der Waals surface area contributed by atoms with Crippen molar-refractivity contribution in [3.05, 3.63) is 243 Å². The van der Waals surface area contributed by atoms with Crippen LogP contribution in [0.25, 0.3) is 111 Å². The first-order chi connectivity index (χ1) is 32.2. The van der Waals surface area contributed by atoms with E-state index in [0.717, 1.165) is 106 Å². The molecule has 1 aromatic heterocycles. The van der Waals surface area contributed by atoms with Gasteiger partial charge in [-0.05, 0) is 85.3 Å². The first kappa shape index (κ1) is 38.0. The van der Waals surface area contributed by atoms with Crippen molar-refractivity contribution in [3.63, 3.8) is 0 Å². The molecule has 1 aliphatic rings. The van der Waals surface area contributed by atoms with Crippen molar-refractivity contribution in [1.29, 1.82) is 0 Å². The standard InChI is InChI=1S/C62H40N2O/c1-5-16-41(17-6-1)50-38-54(59(47-20-9-3-10-21-47)55(39-50)53-28-15-27-52-51-26-13-24-48-25-14-29-58(60(48)51)65-61(52)53)44-34-30-42(31-35-44)43-32-36-46(37-33-43)57-40-56(45-18-7-2-8-19-45)63-62(64-57)49-22-11-4-12-23-49/h1-40H. The van der Waals surface area contributed by atoms with Crippen LogP contribution in [0.3, 0.4) is 0 Å². The van der Waals surface area contributed by atoms with E-state index in [1.165, 1.54) is 10.9 Å². The summed E-state index contributed by atoms with van der Waals surface area (Å²) in [5.74, 6) is 2.47. The number of para-hydroxylation sites is 1. The van der Waals surface area contributed by atoms with Gasteiger partial charge in [0.05, 0.1) is 11.4 Å². The molecule has 11 aromatic rings. The van der Waals surface area contributed by atoms with Crippen LogP contribution < -0.4 is 4.74 Å². The maximum Gasteiger partial charge on any atom is 0.160 e. The molecule has 3 nitrogen and oxygen atoms in total. The van der Waals surface area contributed by atoms with E-state index in [-0.39, 0.29) is 0 Å². The molecule has 304 valence electrons. The summed E-state index contributed by atoms with van der Waals surface area (Å²) in [5, 5.41) is 2.33. The van der Waals surface area contributed by atoms with Crippen molar-refractivity contribution in [3.8, 4) is 112 Å². The number of rotatable bonds is 8. The second-order valence-corrected chi connectivity index (χ2v) is 16.5. The SMILES string of the molecule is c1ccc(-c2cc(-c3ccc(-c4ccc(-c5cc(-c6ccccc6)nc(-c6ccccc6)n5)cc4)cc3)c(-c3ccccc3)c(-c3cccc4c3Oc3cccc5cccc-4c35)c2)cc1. The zero-order valence-corrected chi connectivity index (χ0v) is 35.4. The molecular weight excluding hydrogens is 789 g/mol. The molecule has 0 spiro atoms. The number of nitrogens with zero attached hydrogens (tertiary/aromatic N) is 2. The lowest BCUT2D eigenvalue weighted by Gasteiger charge is -2.25. The minimum absolute atomic E-state index is 0.707. The molecule has 0 saturated carbocycles. The summed E-state index contributed by atoms with van der Waals surface area (Å²) in [6.45, 7) is 0. The van der Waals surface area contributed by atoms with Crippen LogP contribution in [-0.2, 0) is 0 Å². The van der Waals surface area contributed by atoms with E-state index in [0.29, 0.717) is 5.82 Å². The summed E-state index contributed by atoms with van der Waals surface area (Å²) < 4.78 is 6.96. The van der Waals surface area contributed by atoms with Crippen molar-refractivity contribution >= 4 is 10.8 Å². The van der Waals surface area contributed by atoms with Gasteiger partial charge in [-0.2, -0.15) is 0 Å². The molecule has 0 aliphatic carbocycles. The lowest BCUT2D eigenvalue weighted by atomic mass is 9.83. The van der Waals surface area contributed by atoms with Crippen LogP contribution in [-0.4, -0.2) is 9.97 Å². The number of hydrogen-bond donors (Lipinski definition) is 0. The van der Waals surface area contributed by atoms with Crippen LogP contribution in [0, 0.1) is 0 Å². The number of ether oxygens (including phenoxy) is 1. The summed E-state index contributed by atoms with van der Waals surface area (Å²) in [5.41, 5.74) is 18.5. The molecule has 0 amide bonds. The zero-order valence-electron chi connectivity index (χ0n) is 35.4. The highest BCUT2D eigenvalue weighted by Crippen LogP contribution is 2.53. The molecule has 0 N–H and O–H groups in total.